The van der Waals surface area contributed by atoms with Crippen LogP contribution in [0.3, 0.4) is 0 Å². The molecule has 4 aromatic heterocycles. The predicted molar refractivity (Wildman–Crippen MR) is 124 cm³/mol. The minimum absolute atomic E-state index is 0.0970. The summed E-state index contributed by atoms with van der Waals surface area (Å²) in [6.45, 7) is 3.91. The number of ether oxygens (including phenoxy) is 2. The second kappa shape index (κ2) is 9.29. The van der Waals surface area contributed by atoms with Crippen molar-refractivity contribution in [1.82, 2.24) is 39.8 Å². The Hall–Kier alpha value is -4.06. The van der Waals surface area contributed by atoms with E-state index in [1.54, 1.807) is 49.7 Å². The van der Waals surface area contributed by atoms with Crippen molar-refractivity contribution in [3.8, 4) is 23.1 Å². The Morgan fingerprint density at radius 2 is 2.09 bits per heavy atom. The van der Waals surface area contributed by atoms with Gasteiger partial charge in [-0.15, -0.1) is 15.3 Å². The summed E-state index contributed by atoms with van der Waals surface area (Å²) in [5, 5.41) is 16.9. The SMILES string of the molecule is COc1cc2nnc(-c3cc(C)on3)n2nc1OCc1ccc2c(n1)CCN(CC(=O)N(C)C)C2. The Bertz CT molecular complexity index is 1380. The van der Waals surface area contributed by atoms with Crippen molar-refractivity contribution in [3.63, 3.8) is 0 Å². The van der Waals surface area contributed by atoms with E-state index < -0.39 is 0 Å². The van der Waals surface area contributed by atoms with E-state index in [4.69, 9.17) is 19.0 Å². The van der Waals surface area contributed by atoms with Gasteiger partial charge in [0.15, 0.2) is 17.1 Å². The van der Waals surface area contributed by atoms with E-state index in [1.165, 1.54) is 0 Å². The first-order valence-corrected chi connectivity index (χ1v) is 11.2. The fourth-order valence-corrected chi connectivity index (χ4v) is 3.89. The largest absolute Gasteiger partial charge is 0.491 e. The summed E-state index contributed by atoms with van der Waals surface area (Å²) in [5.74, 6) is 1.92. The summed E-state index contributed by atoms with van der Waals surface area (Å²) in [7, 11) is 5.09. The van der Waals surface area contributed by atoms with Crippen molar-refractivity contribution < 1.29 is 18.8 Å². The number of aryl methyl sites for hydroxylation is 1. The summed E-state index contributed by atoms with van der Waals surface area (Å²) in [6.07, 6.45) is 0.776. The molecular weight excluding hydrogens is 452 g/mol. The van der Waals surface area contributed by atoms with Crippen molar-refractivity contribution in [2.24, 2.45) is 0 Å². The van der Waals surface area contributed by atoms with Crippen LogP contribution < -0.4 is 9.47 Å². The lowest BCUT2D eigenvalue weighted by atomic mass is 10.0. The first-order chi connectivity index (χ1) is 16.9. The number of likely N-dealkylation sites (N-methyl/N-ethyl adjacent to an activating group) is 1. The fourth-order valence-electron chi connectivity index (χ4n) is 3.89. The number of aromatic nitrogens is 6. The van der Waals surface area contributed by atoms with Gasteiger partial charge in [0.25, 0.3) is 5.88 Å². The third-order valence-electron chi connectivity index (χ3n) is 5.80. The van der Waals surface area contributed by atoms with Gasteiger partial charge in [0.1, 0.15) is 12.4 Å². The molecule has 0 bridgehead atoms. The normalized spacial score (nSPS) is 13.6. The Balaban J connectivity index is 1.33. The van der Waals surface area contributed by atoms with Gasteiger partial charge in [-0.25, -0.2) is 0 Å². The Labute approximate surface area is 201 Å². The zero-order valence-electron chi connectivity index (χ0n) is 20.1. The number of amides is 1. The van der Waals surface area contributed by atoms with Crippen LogP contribution in [-0.2, 0) is 24.4 Å². The fraction of sp³-hybridized carbons (Fsp3) is 0.391. The number of carbonyl (C=O) groups excluding carboxylic acids is 1. The lowest BCUT2D eigenvalue weighted by Gasteiger charge is -2.28. The Morgan fingerprint density at radius 3 is 2.83 bits per heavy atom. The van der Waals surface area contributed by atoms with Crippen LogP contribution in [0.4, 0.5) is 0 Å². The average molecular weight is 479 g/mol. The Morgan fingerprint density at radius 1 is 1.23 bits per heavy atom. The van der Waals surface area contributed by atoms with Gasteiger partial charge in [-0.2, -0.15) is 4.52 Å². The van der Waals surface area contributed by atoms with E-state index in [9.17, 15) is 4.79 Å². The minimum atomic E-state index is 0.0970. The maximum atomic E-state index is 12.0. The number of fused-ring (bicyclic) bond motifs is 2. The van der Waals surface area contributed by atoms with Gasteiger partial charge < -0.3 is 18.9 Å². The van der Waals surface area contributed by atoms with E-state index in [0.29, 0.717) is 41.8 Å². The monoisotopic (exact) mass is 478 g/mol. The predicted octanol–water partition coefficient (Wildman–Crippen LogP) is 1.52. The lowest BCUT2D eigenvalue weighted by Crippen LogP contribution is -2.39. The molecule has 0 saturated heterocycles. The van der Waals surface area contributed by atoms with Crippen molar-refractivity contribution in [3.05, 3.63) is 47.0 Å². The van der Waals surface area contributed by atoms with E-state index in [-0.39, 0.29) is 18.4 Å². The summed E-state index contributed by atoms with van der Waals surface area (Å²) in [5.41, 5.74) is 3.95. The van der Waals surface area contributed by atoms with Crippen LogP contribution >= 0.6 is 0 Å². The molecule has 12 heteroatoms. The lowest BCUT2D eigenvalue weighted by molar-refractivity contribution is -0.130. The molecule has 182 valence electrons. The molecule has 0 fully saturated rings. The van der Waals surface area contributed by atoms with Gasteiger partial charge in [-0.1, -0.05) is 11.2 Å². The summed E-state index contributed by atoms with van der Waals surface area (Å²) >= 11 is 0. The minimum Gasteiger partial charge on any atom is -0.491 e. The molecular formula is C23H26N8O4. The zero-order valence-corrected chi connectivity index (χ0v) is 20.1. The van der Waals surface area contributed by atoms with Crippen molar-refractivity contribution >= 4 is 11.6 Å². The molecule has 5 rings (SSSR count). The van der Waals surface area contributed by atoms with E-state index in [1.807, 2.05) is 12.1 Å². The molecule has 0 spiro atoms. The molecule has 0 unspecified atom stereocenters. The van der Waals surface area contributed by atoms with Crippen LogP contribution in [0.15, 0.2) is 28.8 Å². The highest BCUT2D eigenvalue weighted by Gasteiger charge is 2.21. The van der Waals surface area contributed by atoms with E-state index in [2.05, 4.69) is 25.4 Å². The van der Waals surface area contributed by atoms with E-state index in [0.717, 1.165) is 29.9 Å². The second-order valence-electron chi connectivity index (χ2n) is 8.58. The van der Waals surface area contributed by atoms with Crippen molar-refractivity contribution in [1.29, 1.82) is 0 Å². The molecule has 0 radical (unpaired) electrons. The van der Waals surface area contributed by atoms with Gasteiger partial charge in [0.05, 0.1) is 19.3 Å². The standard InChI is InChI=1S/C23H26N8O4/c1-14-9-18(28-35-14)22-26-25-20-10-19(33-4)23(27-31(20)22)34-13-16-6-5-15-11-30(8-7-17(15)24-16)12-21(32)29(2)3/h5-6,9-10H,7-8,11-13H2,1-4H3. The molecule has 0 aliphatic carbocycles. The molecule has 0 N–H and O–H groups in total. The van der Waals surface area contributed by atoms with Gasteiger partial charge in [-0.05, 0) is 18.6 Å². The first-order valence-electron chi connectivity index (χ1n) is 11.2. The number of nitrogens with zero attached hydrogens (tertiary/aromatic N) is 8. The van der Waals surface area contributed by atoms with Crippen LogP contribution in [0.5, 0.6) is 11.6 Å². The second-order valence-corrected chi connectivity index (χ2v) is 8.58. The maximum Gasteiger partial charge on any atom is 0.275 e. The highest BCUT2D eigenvalue weighted by Crippen LogP contribution is 2.28. The molecule has 1 aliphatic heterocycles. The summed E-state index contributed by atoms with van der Waals surface area (Å²) in [4.78, 5) is 20.6. The molecule has 1 amide bonds. The number of hydrogen-bond acceptors (Lipinski definition) is 10. The highest BCUT2D eigenvalue weighted by molar-refractivity contribution is 5.77. The number of rotatable bonds is 7. The average Bonchev–Trinajstić information content (AvgIpc) is 3.47. The van der Waals surface area contributed by atoms with Crippen LogP contribution in [0.1, 0.15) is 22.7 Å². The van der Waals surface area contributed by atoms with Crippen LogP contribution in [0.2, 0.25) is 0 Å². The van der Waals surface area contributed by atoms with Crippen LogP contribution in [0.25, 0.3) is 17.2 Å². The van der Waals surface area contributed by atoms with E-state index >= 15 is 0 Å². The Kier molecular flexibility index (Phi) is 6.03. The molecule has 4 aromatic rings. The van der Waals surface area contributed by atoms with Gasteiger partial charge >= 0.3 is 0 Å². The van der Waals surface area contributed by atoms with Crippen molar-refractivity contribution in [2.75, 3.05) is 34.3 Å². The van der Waals surface area contributed by atoms with Gasteiger partial charge in [-0.3, -0.25) is 14.7 Å². The highest BCUT2D eigenvalue weighted by atomic mass is 16.5. The molecule has 0 atom stereocenters. The quantitative estimate of drug-likeness (QED) is 0.386. The van der Waals surface area contributed by atoms with Crippen molar-refractivity contribution in [2.45, 2.75) is 26.5 Å². The first kappa shape index (κ1) is 22.7. The van der Waals surface area contributed by atoms with Gasteiger partial charge in [0.2, 0.25) is 11.7 Å². The topological polar surface area (TPSA) is 124 Å². The molecule has 12 nitrogen and oxygen atoms in total. The number of carbonyl (C=O) groups is 1. The number of methoxy groups -OCH3 is 1. The van der Waals surface area contributed by atoms with Crippen LogP contribution in [-0.4, -0.2) is 80.0 Å². The molecule has 1 aliphatic rings. The smallest absolute Gasteiger partial charge is 0.275 e. The van der Waals surface area contributed by atoms with Crippen LogP contribution in [0, 0.1) is 6.92 Å². The zero-order chi connectivity index (χ0) is 24.5. The van der Waals surface area contributed by atoms with Gasteiger partial charge in [0, 0.05) is 51.4 Å². The summed E-state index contributed by atoms with van der Waals surface area (Å²) in [6, 6.07) is 7.45. The molecule has 5 heterocycles. The third kappa shape index (κ3) is 4.64. The number of hydrogen-bond donors (Lipinski definition) is 0. The third-order valence-corrected chi connectivity index (χ3v) is 5.80. The molecule has 0 saturated carbocycles. The number of pyridine rings is 1. The summed E-state index contributed by atoms with van der Waals surface area (Å²) < 4.78 is 18.1. The molecule has 35 heavy (non-hydrogen) atoms. The molecule has 0 aromatic carbocycles. The maximum absolute atomic E-state index is 12.0.